The number of hydrogen-bond acceptors (Lipinski definition) is 2. The number of hydrogen-bond donors (Lipinski definition) is 1. The van der Waals surface area contributed by atoms with Gasteiger partial charge in [0.15, 0.2) is 0 Å². The fourth-order valence-corrected chi connectivity index (χ4v) is 2.67. The van der Waals surface area contributed by atoms with E-state index < -0.39 is 0 Å². The quantitative estimate of drug-likeness (QED) is 0.867. The Morgan fingerprint density at radius 1 is 1.39 bits per heavy atom. The molecule has 0 radical (unpaired) electrons. The van der Waals surface area contributed by atoms with Gasteiger partial charge in [0.05, 0.1) is 6.04 Å². The van der Waals surface area contributed by atoms with E-state index in [4.69, 9.17) is 5.11 Å². The molecule has 3 heteroatoms. The number of carbonyl (C=O) groups excluding carboxylic acids is 1. The molecule has 0 bridgehead atoms. The highest BCUT2D eigenvalue weighted by Gasteiger charge is 2.32. The van der Waals surface area contributed by atoms with Crippen LogP contribution in [0.15, 0.2) is 30.3 Å². The van der Waals surface area contributed by atoms with Crippen LogP contribution in [0.5, 0.6) is 0 Å². The minimum atomic E-state index is 0.151. The molecule has 1 amide bonds. The summed E-state index contributed by atoms with van der Waals surface area (Å²) in [7, 11) is 0. The third-order valence-corrected chi connectivity index (χ3v) is 3.76. The van der Waals surface area contributed by atoms with Gasteiger partial charge in [-0.05, 0) is 31.2 Å². The van der Waals surface area contributed by atoms with Gasteiger partial charge in [0.25, 0.3) is 0 Å². The first kappa shape index (κ1) is 13.1. The lowest BCUT2D eigenvalue weighted by Crippen LogP contribution is -2.28. The molecular weight excluding hydrogens is 226 g/mol. The van der Waals surface area contributed by atoms with Crippen LogP contribution in [0.4, 0.5) is 0 Å². The average molecular weight is 247 g/mol. The fourth-order valence-electron chi connectivity index (χ4n) is 2.67. The summed E-state index contributed by atoms with van der Waals surface area (Å²) in [5.41, 5.74) is 1.19. The van der Waals surface area contributed by atoms with Gasteiger partial charge in [-0.25, -0.2) is 0 Å². The van der Waals surface area contributed by atoms with Gasteiger partial charge in [0, 0.05) is 19.6 Å². The van der Waals surface area contributed by atoms with Gasteiger partial charge in [-0.2, -0.15) is 0 Å². The number of likely N-dealkylation sites (tertiary alicyclic amines) is 1. The fraction of sp³-hybridized carbons (Fsp3) is 0.533. The lowest BCUT2D eigenvalue weighted by Gasteiger charge is -2.25. The Labute approximate surface area is 108 Å². The van der Waals surface area contributed by atoms with Gasteiger partial charge in [0.2, 0.25) is 5.91 Å². The van der Waals surface area contributed by atoms with E-state index in [1.807, 2.05) is 23.1 Å². The molecule has 2 atom stereocenters. The van der Waals surface area contributed by atoms with E-state index in [1.165, 1.54) is 5.56 Å². The Kier molecular flexibility index (Phi) is 4.37. The van der Waals surface area contributed by atoms with Crippen molar-refractivity contribution in [2.24, 2.45) is 5.92 Å². The van der Waals surface area contributed by atoms with Gasteiger partial charge in [-0.3, -0.25) is 4.79 Å². The number of nitrogens with zero attached hydrogens (tertiary/aromatic N) is 1. The van der Waals surface area contributed by atoms with Gasteiger partial charge >= 0.3 is 0 Å². The molecule has 1 aromatic rings. The van der Waals surface area contributed by atoms with E-state index in [9.17, 15) is 4.79 Å². The molecule has 1 fully saturated rings. The summed E-state index contributed by atoms with van der Waals surface area (Å²) >= 11 is 0. The highest BCUT2D eigenvalue weighted by molar-refractivity contribution is 5.79. The highest BCUT2D eigenvalue weighted by atomic mass is 16.2. The Balaban J connectivity index is 1.99. The summed E-state index contributed by atoms with van der Waals surface area (Å²) in [6.45, 7) is 3.13. The second-order valence-corrected chi connectivity index (χ2v) is 5.07. The maximum atomic E-state index is 12.0. The number of aliphatic hydroxyl groups excluding tert-OH is 1. The largest absolute Gasteiger partial charge is 0.396 e. The van der Waals surface area contributed by atoms with E-state index in [2.05, 4.69) is 19.1 Å². The first-order valence-corrected chi connectivity index (χ1v) is 6.67. The maximum Gasteiger partial charge on any atom is 0.223 e. The van der Waals surface area contributed by atoms with Gasteiger partial charge in [-0.15, -0.1) is 0 Å². The summed E-state index contributed by atoms with van der Waals surface area (Å²) < 4.78 is 0. The number of rotatable bonds is 5. The molecular formula is C15H21NO2. The zero-order chi connectivity index (χ0) is 13.0. The zero-order valence-electron chi connectivity index (χ0n) is 10.9. The topological polar surface area (TPSA) is 40.5 Å². The van der Waals surface area contributed by atoms with Crippen molar-refractivity contribution >= 4 is 5.91 Å². The summed E-state index contributed by atoms with van der Waals surface area (Å²) in [5, 5.41) is 8.85. The van der Waals surface area contributed by atoms with E-state index >= 15 is 0 Å². The Morgan fingerprint density at radius 3 is 2.78 bits per heavy atom. The van der Waals surface area contributed by atoms with Crippen molar-refractivity contribution in [1.29, 1.82) is 0 Å². The molecule has 1 saturated heterocycles. The molecule has 3 nitrogen and oxygen atoms in total. The third-order valence-electron chi connectivity index (χ3n) is 3.76. The minimum absolute atomic E-state index is 0.151. The normalized spacial score (nSPS) is 21.3. The van der Waals surface area contributed by atoms with Crippen LogP contribution in [0.2, 0.25) is 0 Å². The average Bonchev–Trinajstić information content (AvgIpc) is 2.78. The molecule has 1 N–H and O–H groups in total. The first-order valence-electron chi connectivity index (χ1n) is 6.67. The van der Waals surface area contributed by atoms with Gasteiger partial charge in [-0.1, -0.05) is 30.3 Å². The molecule has 18 heavy (non-hydrogen) atoms. The van der Waals surface area contributed by atoms with Gasteiger partial charge in [0.1, 0.15) is 0 Å². The molecule has 1 heterocycles. The molecule has 1 aliphatic heterocycles. The number of amides is 1. The minimum Gasteiger partial charge on any atom is -0.396 e. The van der Waals surface area contributed by atoms with E-state index in [0.717, 1.165) is 19.4 Å². The smallest absolute Gasteiger partial charge is 0.223 e. The first-order chi connectivity index (χ1) is 8.72. The van der Waals surface area contributed by atoms with Crippen LogP contribution in [0, 0.1) is 5.92 Å². The van der Waals surface area contributed by atoms with Crippen molar-refractivity contribution in [2.45, 2.75) is 32.2 Å². The second kappa shape index (κ2) is 6.01. The van der Waals surface area contributed by atoms with Crippen LogP contribution in [-0.4, -0.2) is 29.1 Å². The molecule has 98 valence electrons. The Hall–Kier alpha value is -1.35. The maximum absolute atomic E-state index is 12.0. The van der Waals surface area contributed by atoms with Crippen LogP contribution in [0.25, 0.3) is 0 Å². The van der Waals surface area contributed by atoms with Crippen molar-refractivity contribution in [2.75, 3.05) is 13.2 Å². The van der Waals surface area contributed by atoms with Crippen LogP contribution >= 0.6 is 0 Å². The van der Waals surface area contributed by atoms with E-state index in [0.29, 0.717) is 12.3 Å². The van der Waals surface area contributed by atoms with Crippen LogP contribution < -0.4 is 0 Å². The predicted molar refractivity (Wildman–Crippen MR) is 71.0 cm³/mol. The Bertz CT molecular complexity index is 391. The monoisotopic (exact) mass is 247 g/mol. The van der Waals surface area contributed by atoms with Crippen molar-refractivity contribution in [3.63, 3.8) is 0 Å². The van der Waals surface area contributed by atoms with Crippen LogP contribution in [0.3, 0.4) is 0 Å². The molecule has 2 unspecified atom stereocenters. The summed E-state index contributed by atoms with van der Waals surface area (Å²) in [5.74, 6) is 0.658. The van der Waals surface area contributed by atoms with Gasteiger partial charge < -0.3 is 10.0 Å². The van der Waals surface area contributed by atoms with E-state index in [1.54, 1.807) is 0 Å². The number of carbonyl (C=O) groups is 1. The molecule has 1 aliphatic rings. The summed E-state index contributed by atoms with van der Waals surface area (Å²) in [4.78, 5) is 14.0. The third kappa shape index (κ3) is 2.91. The van der Waals surface area contributed by atoms with Crippen molar-refractivity contribution in [3.8, 4) is 0 Å². The van der Waals surface area contributed by atoms with Crippen molar-refractivity contribution < 1.29 is 9.90 Å². The summed E-state index contributed by atoms with van der Waals surface area (Å²) in [6.07, 6.45) is 2.38. The van der Waals surface area contributed by atoms with Crippen molar-refractivity contribution in [3.05, 3.63) is 35.9 Å². The molecule has 1 aromatic carbocycles. The van der Waals surface area contributed by atoms with Crippen LogP contribution in [0.1, 0.15) is 37.8 Å². The SMILES string of the molecule is CC(c1ccccc1)N1CC(CCCO)CC1=O. The molecule has 0 aliphatic carbocycles. The number of aliphatic hydroxyl groups is 1. The standard InChI is InChI=1S/C15H21NO2/c1-12(14-7-3-2-4-8-14)16-11-13(6-5-9-17)10-15(16)18/h2-4,7-8,12-13,17H,5-6,9-11H2,1H3. The molecule has 0 spiro atoms. The predicted octanol–water partition coefficient (Wildman–Crippen LogP) is 2.37. The zero-order valence-corrected chi connectivity index (χ0v) is 10.9. The lowest BCUT2D eigenvalue weighted by molar-refractivity contribution is -0.129. The van der Waals surface area contributed by atoms with E-state index in [-0.39, 0.29) is 18.6 Å². The molecule has 2 rings (SSSR count). The molecule has 0 aromatic heterocycles. The van der Waals surface area contributed by atoms with Crippen LogP contribution in [-0.2, 0) is 4.79 Å². The Morgan fingerprint density at radius 2 is 2.11 bits per heavy atom. The lowest BCUT2D eigenvalue weighted by atomic mass is 10.0. The summed E-state index contributed by atoms with van der Waals surface area (Å²) in [6, 6.07) is 10.3. The molecule has 0 saturated carbocycles. The number of benzene rings is 1. The second-order valence-electron chi connectivity index (χ2n) is 5.07. The highest BCUT2D eigenvalue weighted by Crippen LogP contribution is 2.30. The van der Waals surface area contributed by atoms with Crippen molar-refractivity contribution in [1.82, 2.24) is 4.90 Å².